The van der Waals surface area contributed by atoms with Crippen molar-refractivity contribution in [1.82, 2.24) is 24.6 Å². The van der Waals surface area contributed by atoms with Gasteiger partial charge in [-0.3, -0.25) is 20.0 Å². The van der Waals surface area contributed by atoms with E-state index in [1.807, 2.05) is 47.2 Å². The number of benzene rings is 2. The summed E-state index contributed by atoms with van der Waals surface area (Å²) in [6, 6.07) is 15.6. The van der Waals surface area contributed by atoms with E-state index in [2.05, 4.69) is 15.2 Å². The third-order valence-electron chi connectivity index (χ3n) is 5.68. The molecule has 1 aliphatic rings. The summed E-state index contributed by atoms with van der Waals surface area (Å²) >= 11 is 0. The first-order valence-corrected chi connectivity index (χ1v) is 10.3. The number of hydrogen-bond acceptors (Lipinski definition) is 5. The van der Waals surface area contributed by atoms with Crippen molar-refractivity contribution in [3.05, 3.63) is 100 Å². The zero-order chi connectivity index (χ0) is 22.1. The second-order valence-corrected chi connectivity index (χ2v) is 7.63. The Morgan fingerprint density at radius 2 is 1.94 bits per heavy atom. The molecule has 0 saturated heterocycles. The number of aryl methyl sites for hydroxylation is 1. The number of H-pyrrole nitrogens is 1. The normalized spacial score (nSPS) is 15.2. The third kappa shape index (κ3) is 3.43. The lowest BCUT2D eigenvalue weighted by Gasteiger charge is -2.26. The summed E-state index contributed by atoms with van der Waals surface area (Å²) in [4.78, 5) is 30.1. The van der Waals surface area contributed by atoms with Crippen molar-refractivity contribution in [2.24, 2.45) is 0 Å². The summed E-state index contributed by atoms with van der Waals surface area (Å²) in [5.41, 5.74) is 3.43. The summed E-state index contributed by atoms with van der Waals surface area (Å²) in [5, 5.41) is 18.7. The predicted molar refractivity (Wildman–Crippen MR) is 117 cm³/mol. The molecule has 32 heavy (non-hydrogen) atoms. The van der Waals surface area contributed by atoms with Crippen LogP contribution in [0.4, 0.5) is 5.69 Å². The van der Waals surface area contributed by atoms with Crippen LogP contribution in [0.3, 0.4) is 0 Å². The summed E-state index contributed by atoms with van der Waals surface area (Å²) in [7, 11) is 0. The van der Waals surface area contributed by atoms with E-state index in [0.29, 0.717) is 36.5 Å². The van der Waals surface area contributed by atoms with Gasteiger partial charge in [0.2, 0.25) is 0 Å². The van der Waals surface area contributed by atoms with Crippen LogP contribution in [0.1, 0.15) is 34.1 Å². The number of nitrogens with zero attached hydrogens (tertiary/aromatic N) is 5. The topological polar surface area (TPSA) is 110 Å². The Bertz CT molecular complexity index is 1270. The molecule has 2 aromatic heterocycles. The van der Waals surface area contributed by atoms with Crippen LogP contribution < -0.4 is 0 Å². The maximum Gasteiger partial charge on any atom is 0.273 e. The van der Waals surface area contributed by atoms with Crippen molar-refractivity contribution in [1.29, 1.82) is 0 Å². The number of nitro benzene ring substituents is 1. The van der Waals surface area contributed by atoms with Gasteiger partial charge in [0.1, 0.15) is 5.69 Å². The molecular formula is C23H20N6O3. The largest absolute Gasteiger partial charge is 0.337 e. The van der Waals surface area contributed by atoms with Crippen LogP contribution in [0.2, 0.25) is 0 Å². The van der Waals surface area contributed by atoms with Crippen LogP contribution >= 0.6 is 0 Å². The fourth-order valence-corrected chi connectivity index (χ4v) is 4.24. The van der Waals surface area contributed by atoms with Gasteiger partial charge in [-0.2, -0.15) is 5.10 Å². The number of amides is 1. The van der Waals surface area contributed by atoms with E-state index in [-0.39, 0.29) is 11.6 Å². The second kappa shape index (κ2) is 8.10. The summed E-state index contributed by atoms with van der Waals surface area (Å²) < 4.78 is 1.96. The number of non-ortho nitro benzene ring substituents is 1. The Morgan fingerprint density at radius 3 is 2.69 bits per heavy atom. The van der Waals surface area contributed by atoms with Gasteiger partial charge in [-0.25, -0.2) is 4.98 Å². The molecule has 3 heterocycles. The molecule has 1 amide bonds. The SMILES string of the molecule is O=C1c2[nH]nc(-c3ccccc3)c2C(c2cccc([N+](=O)[O-])c2)N1CCCn1ccnc1. The molecule has 1 atom stereocenters. The van der Waals surface area contributed by atoms with E-state index >= 15 is 0 Å². The number of aromatic nitrogens is 4. The Balaban J connectivity index is 1.55. The fourth-order valence-electron chi connectivity index (χ4n) is 4.24. The van der Waals surface area contributed by atoms with E-state index in [9.17, 15) is 14.9 Å². The number of hydrogen-bond donors (Lipinski definition) is 1. The standard InChI is InChI=1S/C23H20N6O3/c30-23-21-19(20(25-26-21)16-6-2-1-3-7-16)22(17-8-4-9-18(14-17)29(31)32)28(23)12-5-11-27-13-10-24-15-27/h1-4,6-10,13-15,22H,5,11-12H2,(H,25,26). The van der Waals surface area contributed by atoms with Gasteiger partial charge in [0, 0.05) is 48.7 Å². The summed E-state index contributed by atoms with van der Waals surface area (Å²) in [6.07, 6.45) is 6.05. The molecule has 0 fully saturated rings. The molecule has 4 aromatic rings. The molecular weight excluding hydrogens is 408 g/mol. The lowest BCUT2D eigenvalue weighted by molar-refractivity contribution is -0.384. The van der Waals surface area contributed by atoms with Gasteiger partial charge in [0.25, 0.3) is 11.6 Å². The van der Waals surface area contributed by atoms with E-state index in [0.717, 1.165) is 11.1 Å². The number of rotatable bonds is 7. The third-order valence-corrected chi connectivity index (χ3v) is 5.68. The highest BCUT2D eigenvalue weighted by Gasteiger charge is 2.42. The summed E-state index contributed by atoms with van der Waals surface area (Å²) in [5.74, 6) is -0.156. The molecule has 160 valence electrons. The van der Waals surface area contributed by atoms with E-state index in [1.165, 1.54) is 12.1 Å². The highest BCUT2D eigenvalue weighted by Crippen LogP contribution is 2.43. The smallest absolute Gasteiger partial charge is 0.273 e. The molecule has 1 unspecified atom stereocenters. The quantitative estimate of drug-likeness (QED) is 0.355. The minimum atomic E-state index is -0.464. The van der Waals surface area contributed by atoms with Gasteiger partial charge >= 0.3 is 0 Å². The summed E-state index contributed by atoms with van der Waals surface area (Å²) in [6.45, 7) is 1.20. The van der Waals surface area contributed by atoms with Gasteiger partial charge in [0.15, 0.2) is 0 Å². The number of imidazole rings is 1. The lowest BCUT2D eigenvalue weighted by atomic mass is 9.95. The van der Waals surface area contributed by atoms with Gasteiger partial charge in [0.05, 0.1) is 23.0 Å². The average Bonchev–Trinajstić information content (AvgIpc) is 3.54. The van der Waals surface area contributed by atoms with Crippen LogP contribution in [0.15, 0.2) is 73.3 Å². The first-order valence-electron chi connectivity index (χ1n) is 10.3. The number of carbonyl (C=O) groups excluding carboxylic acids is 1. The van der Waals surface area contributed by atoms with Crippen molar-refractivity contribution in [2.75, 3.05) is 6.54 Å². The van der Waals surface area contributed by atoms with E-state index < -0.39 is 11.0 Å². The minimum absolute atomic E-state index is 0.00785. The molecule has 0 saturated carbocycles. The van der Waals surface area contributed by atoms with Gasteiger partial charge in [-0.15, -0.1) is 0 Å². The van der Waals surface area contributed by atoms with Crippen LogP contribution in [-0.2, 0) is 6.54 Å². The van der Waals surface area contributed by atoms with Crippen molar-refractivity contribution < 1.29 is 9.72 Å². The monoisotopic (exact) mass is 428 g/mol. The van der Waals surface area contributed by atoms with Crippen molar-refractivity contribution >= 4 is 11.6 Å². The van der Waals surface area contributed by atoms with E-state index in [1.54, 1.807) is 23.5 Å². The maximum atomic E-state index is 13.3. The van der Waals surface area contributed by atoms with Crippen LogP contribution in [0.25, 0.3) is 11.3 Å². The molecule has 9 heteroatoms. The first-order chi connectivity index (χ1) is 15.6. The number of nitrogens with one attached hydrogen (secondary N) is 1. The fraction of sp³-hybridized carbons (Fsp3) is 0.174. The Hall–Kier alpha value is -4.27. The molecule has 9 nitrogen and oxygen atoms in total. The highest BCUT2D eigenvalue weighted by atomic mass is 16.6. The van der Waals surface area contributed by atoms with Gasteiger partial charge < -0.3 is 9.47 Å². The number of carbonyl (C=O) groups is 1. The van der Waals surface area contributed by atoms with Gasteiger partial charge in [-0.05, 0) is 12.0 Å². The average molecular weight is 428 g/mol. The second-order valence-electron chi connectivity index (χ2n) is 7.63. The van der Waals surface area contributed by atoms with Gasteiger partial charge in [-0.1, -0.05) is 42.5 Å². The molecule has 1 aliphatic heterocycles. The lowest BCUT2D eigenvalue weighted by Crippen LogP contribution is -2.31. The molecule has 0 aliphatic carbocycles. The molecule has 2 aromatic carbocycles. The zero-order valence-corrected chi connectivity index (χ0v) is 17.1. The zero-order valence-electron chi connectivity index (χ0n) is 17.1. The Kier molecular flexibility index (Phi) is 4.98. The predicted octanol–water partition coefficient (Wildman–Crippen LogP) is 3.82. The molecule has 0 bridgehead atoms. The molecule has 1 N–H and O–H groups in total. The van der Waals surface area contributed by atoms with Crippen molar-refractivity contribution in [3.63, 3.8) is 0 Å². The Morgan fingerprint density at radius 1 is 1.09 bits per heavy atom. The van der Waals surface area contributed by atoms with Crippen molar-refractivity contribution in [2.45, 2.75) is 19.0 Å². The first kappa shape index (κ1) is 19.7. The van der Waals surface area contributed by atoms with Crippen LogP contribution in [0.5, 0.6) is 0 Å². The number of fused-ring (bicyclic) bond motifs is 1. The molecule has 0 spiro atoms. The van der Waals surface area contributed by atoms with Crippen molar-refractivity contribution in [3.8, 4) is 11.3 Å². The number of aromatic amines is 1. The highest BCUT2D eigenvalue weighted by molar-refractivity contribution is 6.00. The Labute approximate surface area is 183 Å². The number of nitro groups is 1. The maximum absolute atomic E-state index is 13.3. The molecule has 5 rings (SSSR count). The van der Waals surface area contributed by atoms with Crippen LogP contribution in [-0.4, -0.2) is 42.0 Å². The van der Waals surface area contributed by atoms with E-state index in [4.69, 9.17) is 0 Å². The van der Waals surface area contributed by atoms with Crippen LogP contribution in [0, 0.1) is 10.1 Å². The minimum Gasteiger partial charge on any atom is -0.337 e. The molecule has 0 radical (unpaired) electrons.